The summed E-state index contributed by atoms with van der Waals surface area (Å²) in [5, 5.41) is 14.0. The van der Waals surface area contributed by atoms with E-state index >= 15 is 0 Å². The second kappa shape index (κ2) is 9.34. The largest absolute Gasteiger partial charge is 0.480 e. The number of thiocarbonyl (C=S) groups is 2. The van der Waals surface area contributed by atoms with Crippen molar-refractivity contribution < 1.29 is 9.90 Å². The fourth-order valence-corrected chi connectivity index (χ4v) is 2.06. The molecule has 0 aromatic heterocycles. The number of rotatable bonds is 8. The standard InChI is InChI=1S/C14H18N4O2S2/c15-11(2-1-3-12(16)14(19)20)13(22)18-10-6-4-9(5-7-10)17-8-21/h4-7,11-12H,1-3,15-16H2,(H,18,22)(H,19,20)/t11?,12-/m0/s1. The Bertz CT molecular complexity index is 571. The molecule has 22 heavy (non-hydrogen) atoms. The summed E-state index contributed by atoms with van der Waals surface area (Å²) in [6.07, 6.45) is 1.54. The highest BCUT2D eigenvalue weighted by molar-refractivity contribution is 7.80. The third kappa shape index (κ3) is 6.38. The van der Waals surface area contributed by atoms with E-state index in [-0.39, 0.29) is 6.04 Å². The number of carboxylic acid groups (broad SMARTS) is 1. The van der Waals surface area contributed by atoms with E-state index < -0.39 is 12.0 Å². The lowest BCUT2D eigenvalue weighted by molar-refractivity contribution is -0.138. The summed E-state index contributed by atoms with van der Waals surface area (Å²) in [6.45, 7) is 0. The number of nitrogens with one attached hydrogen (secondary N) is 1. The molecule has 0 heterocycles. The van der Waals surface area contributed by atoms with E-state index in [1.54, 1.807) is 12.1 Å². The highest BCUT2D eigenvalue weighted by Crippen LogP contribution is 2.16. The Morgan fingerprint density at radius 2 is 1.86 bits per heavy atom. The molecule has 0 amide bonds. The number of carbonyl (C=O) groups is 1. The van der Waals surface area contributed by atoms with Crippen molar-refractivity contribution in [1.29, 1.82) is 0 Å². The van der Waals surface area contributed by atoms with E-state index in [9.17, 15) is 4.79 Å². The predicted molar refractivity (Wildman–Crippen MR) is 94.8 cm³/mol. The molecule has 8 heteroatoms. The fraction of sp³-hybridized carbons (Fsp3) is 0.357. The van der Waals surface area contributed by atoms with Gasteiger partial charge in [0.1, 0.15) is 6.04 Å². The Labute approximate surface area is 139 Å². The Morgan fingerprint density at radius 3 is 2.41 bits per heavy atom. The highest BCUT2D eigenvalue weighted by Gasteiger charge is 2.14. The molecule has 0 aliphatic rings. The lowest BCUT2D eigenvalue weighted by atomic mass is 10.1. The van der Waals surface area contributed by atoms with Gasteiger partial charge in [0.25, 0.3) is 0 Å². The summed E-state index contributed by atoms with van der Waals surface area (Å²) in [5.74, 6) is -1.01. The van der Waals surface area contributed by atoms with Crippen LogP contribution in [0.2, 0.25) is 0 Å². The van der Waals surface area contributed by atoms with Crippen LogP contribution in [0, 0.1) is 0 Å². The molecular weight excluding hydrogens is 320 g/mol. The van der Waals surface area contributed by atoms with Crippen LogP contribution < -0.4 is 16.8 Å². The van der Waals surface area contributed by atoms with Gasteiger partial charge in [-0.1, -0.05) is 12.2 Å². The lowest BCUT2D eigenvalue weighted by Crippen LogP contribution is -2.35. The Morgan fingerprint density at radius 1 is 1.27 bits per heavy atom. The number of hydrogen-bond acceptors (Lipinski definition) is 6. The monoisotopic (exact) mass is 338 g/mol. The molecule has 0 saturated heterocycles. The molecule has 1 aromatic carbocycles. The van der Waals surface area contributed by atoms with E-state index in [0.717, 1.165) is 5.69 Å². The minimum atomic E-state index is -1.01. The number of nitrogens with zero attached hydrogens (tertiary/aromatic N) is 1. The topological polar surface area (TPSA) is 114 Å². The summed E-state index contributed by atoms with van der Waals surface area (Å²) < 4.78 is 0. The van der Waals surface area contributed by atoms with Gasteiger partial charge in [0, 0.05) is 5.69 Å². The van der Waals surface area contributed by atoms with Crippen LogP contribution in [0.15, 0.2) is 29.3 Å². The van der Waals surface area contributed by atoms with Gasteiger partial charge in [-0.15, -0.1) is 0 Å². The predicted octanol–water partition coefficient (Wildman–Crippen LogP) is 2.07. The molecule has 0 radical (unpaired) electrons. The van der Waals surface area contributed by atoms with Crippen molar-refractivity contribution in [1.82, 2.24) is 0 Å². The van der Waals surface area contributed by atoms with Gasteiger partial charge in [-0.2, -0.15) is 4.99 Å². The number of benzene rings is 1. The maximum absolute atomic E-state index is 10.6. The average molecular weight is 338 g/mol. The van der Waals surface area contributed by atoms with Gasteiger partial charge in [-0.05, 0) is 55.7 Å². The Kier molecular flexibility index (Phi) is 7.79. The molecule has 0 saturated carbocycles. The number of isothiocyanates is 1. The van der Waals surface area contributed by atoms with Crippen LogP contribution >= 0.6 is 24.4 Å². The SMILES string of the molecule is NC(CCC[C@H](N)C(=O)O)C(=S)Nc1ccc(N=C=S)cc1. The summed E-state index contributed by atoms with van der Waals surface area (Å²) in [4.78, 5) is 15.0. The van der Waals surface area contributed by atoms with E-state index in [4.69, 9.17) is 28.8 Å². The van der Waals surface area contributed by atoms with E-state index in [1.807, 2.05) is 12.1 Å². The molecule has 6 N–H and O–H groups in total. The van der Waals surface area contributed by atoms with E-state index in [2.05, 4.69) is 27.7 Å². The third-order valence-corrected chi connectivity index (χ3v) is 3.49. The molecule has 6 nitrogen and oxygen atoms in total. The average Bonchev–Trinajstić information content (AvgIpc) is 2.49. The van der Waals surface area contributed by atoms with Gasteiger partial charge in [-0.25, -0.2) is 0 Å². The molecule has 1 aromatic rings. The molecule has 0 fully saturated rings. The van der Waals surface area contributed by atoms with Crippen LogP contribution in [0.25, 0.3) is 0 Å². The smallest absolute Gasteiger partial charge is 0.320 e. The zero-order valence-electron chi connectivity index (χ0n) is 11.9. The molecule has 0 spiro atoms. The van der Waals surface area contributed by atoms with Crippen LogP contribution in [0.5, 0.6) is 0 Å². The van der Waals surface area contributed by atoms with Crippen molar-refractivity contribution in [2.45, 2.75) is 31.3 Å². The van der Waals surface area contributed by atoms with Crippen molar-refractivity contribution in [2.75, 3.05) is 5.32 Å². The second-order valence-electron chi connectivity index (χ2n) is 4.72. The number of anilines is 1. The van der Waals surface area contributed by atoms with Gasteiger partial charge in [-0.3, -0.25) is 4.79 Å². The number of nitrogens with two attached hydrogens (primary N) is 2. The molecule has 1 unspecified atom stereocenters. The van der Waals surface area contributed by atoms with Crippen molar-refractivity contribution >= 4 is 51.9 Å². The molecule has 0 aliphatic carbocycles. The van der Waals surface area contributed by atoms with Crippen molar-refractivity contribution in [3.05, 3.63) is 24.3 Å². The second-order valence-corrected chi connectivity index (χ2v) is 5.34. The highest BCUT2D eigenvalue weighted by atomic mass is 32.1. The number of aliphatic carboxylic acids is 1. The first kappa shape index (κ1) is 18.3. The fourth-order valence-electron chi connectivity index (χ4n) is 1.72. The first-order valence-corrected chi connectivity index (χ1v) is 7.48. The molecule has 0 aliphatic heterocycles. The number of aliphatic imine (C=N–C) groups is 1. The summed E-state index contributed by atoms with van der Waals surface area (Å²) in [5.41, 5.74) is 12.9. The normalized spacial score (nSPS) is 12.8. The van der Waals surface area contributed by atoms with Crippen LogP contribution in [0.3, 0.4) is 0 Å². The van der Waals surface area contributed by atoms with Crippen LogP contribution in [0.1, 0.15) is 19.3 Å². The first-order valence-electron chi connectivity index (χ1n) is 6.67. The maximum Gasteiger partial charge on any atom is 0.320 e. The van der Waals surface area contributed by atoms with E-state index in [1.165, 1.54) is 0 Å². The summed E-state index contributed by atoms with van der Waals surface area (Å²) in [6, 6.07) is 5.97. The van der Waals surface area contributed by atoms with Crippen molar-refractivity contribution in [2.24, 2.45) is 16.5 Å². The van der Waals surface area contributed by atoms with Crippen LogP contribution in [-0.2, 0) is 4.79 Å². The first-order chi connectivity index (χ1) is 10.4. The number of hydrogen-bond donors (Lipinski definition) is 4. The number of carboxylic acids is 1. The maximum atomic E-state index is 10.6. The molecule has 0 bridgehead atoms. The van der Waals surface area contributed by atoms with Gasteiger partial charge in [0.05, 0.1) is 21.9 Å². The van der Waals surface area contributed by atoms with Gasteiger partial charge in [0.15, 0.2) is 0 Å². The summed E-state index contributed by atoms with van der Waals surface area (Å²) in [7, 11) is 0. The molecular formula is C14H18N4O2S2. The van der Waals surface area contributed by atoms with Gasteiger partial charge in [0.2, 0.25) is 0 Å². The van der Waals surface area contributed by atoms with Crippen molar-refractivity contribution in [3.8, 4) is 0 Å². The summed E-state index contributed by atoms with van der Waals surface area (Å²) >= 11 is 9.77. The zero-order valence-corrected chi connectivity index (χ0v) is 13.5. The minimum absolute atomic E-state index is 0.352. The van der Waals surface area contributed by atoms with Gasteiger partial charge < -0.3 is 21.9 Å². The molecule has 1 rings (SSSR count). The zero-order chi connectivity index (χ0) is 16.5. The van der Waals surface area contributed by atoms with Crippen LogP contribution in [-0.4, -0.2) is 33.3 Å². The third-order valence-electron chi connectivity index (χ3n) is 2.99. The minimum Gasteiger partial charge on any atom is -0.480 e. The lowest BCUT2D eigenvalue weighted by Gasteiger charge is -2.15. The quantitative estimate of drug-likeness (QED) is 0.424. The molecule has 2 atom stereocenters. The van der Waals surface area contributed by atoms with Crippen molar-refractivity contribution in [3.63, 3.8) is 0 Å². The van der Waals surface area contributed by atoms with E-state index in [0.29, 0.717) is 29.9 Å². The van der Waals surface area contributed by atoms with Crippen LogP contribution in [0.4, 0.5) is 11.4 Å². The Hall–Kier alpha value is -1.70. The molecule has 118 valence electrons. The van der Waals surface area contributed by atoms with Gasteiger partial charge >= 0.3 is 5.97 Å². The Balaban J connectivity index is 2.43.